The van der Waals surface area contributed by atoms with Gasteiger partial charge in [-0.25, -0.2) is 10.8 Å². The molecular formula is C20H21N5O. The fourth-order valence-corrected chi connectivity index (χ4v) is 2.42. The minimum absolute atomic E-state index is 0.446. The van der Waals surface area contributed by atoms with Crippen LogP contribution in [0.3, 0.4) is 0 Å². The van der Waals surface area contributed by atoms with Crippen LogP contribution in [0.5, 0.6) is 11.5 Å². The number of benzene rings is 2. The maximum atomic E-state index is 6.07. The van der Waals surface area contributed by atoms with Crippen LogP contribution in [-0.2, 0) is 6.54 Å². The predicted octanol–water partition coefficient (Wildman–Crippen LogP) is 3.09. The van der Waals surface area contributed by atoms with Crippen LogP contribution >= 0.6 is 0 Å². The number of rotatable bonds is 6. The van der Waals surface area contributed by atoms with Crippen molar-refractivity contribution < 1.29 is 4.74 Å². The lowest BCUT2D eigenvalue weighted by Crippen LogP contribution is -2.25. The number of ether oxygens (including phenoxy) is 1. The van der Waals surface area contributed by atoms with Gasteiger partial charge in [-0.3, -0.25) is 0 Å². The fraction of sp³-hybridized carbons (Fsp3) is 0.0500. The van der Waals surface area contributed by atoms with Gasteiger partial charge in [0.2, 0.25) is 0 Å². The number of hydrogen-bond acceptors (Lipinski definition) is 6. The molecular weight excluding hydrogens is 326 g/mol. The molecule has 0 atom stereocenters. The average Bonchev–Trinajstić information content (AvgIpc) is 2.63. The van der Waals surface area contributed by atoms with Crippen LogP contribution < -0.4 is 22.0 Å². The number of nitrogen functional groups attached to an aromatic ring is 1. The molecule has 0 aliphatic carbocycles. The summed E-state index contributed by atoms with van der Waals surface area (Å²) < 4.78 is 5.84. The summed E-state index contributed by atoms with van der Waals surface area (Å²) in [5.41, 5.74) is 13.9. The van der Waals surface area contributed by atoms with Crippen molar-refractivity contribution >= 4 is 11.5 Å². The monoisotopic (exact) mass is 347 g/mol. The van der Waals surface area contributed by atoms with Crippen molar-refractivity contribution in [2.24, 2.45) is 11.6 Å². The Labute approximate surface area is 152 Å². The van der Waals surface area contributed by atoms with E-state index in [4.69, 9.17) is 22.0 Å². The minimum Gasteiger partial charge on any atom is -0.457 e. The number of para-hydroxylation sites is 1. The largest absolute Gasteiger partial charge is 0.457 e. The predicted molar refractivity (Wildman–Crippen MR) is 104 cm³/mol. The summed E-state index contributed by atoms with van der Waals surface area (Å²) in [6.45, 7) is 0.481. The van der Waals surface area contributed by atoms with Crippen LogP contribution in [0.4, 0.5) is 5.82 Å². The van der Waals surface area contributed by atoms with E-state index in [-0.39, 0.29) is 0 Å². The highest BCUT2D eigenvalue weighted by Gasteiger charge is 2.03. The van der Waals surface area contributed by atoms with E-state index in [1.54, 1.807) is 24.5 Å². The molecule has 3 aromatic rings. The van der Waals surface area contributed by atoms with Crippen molar-refractivity contribution in [3.05, 3.63) is 90.3 Å². The number of anilines is 1. The molecule has 0 fully saturated rings. The normalized spacial score (nSPS) is 11.2. The lowest BCUT2D eigenvalue weighted by molar-refractivity contribution is 0.386. The standard InChI is InChI=1S/C20H21N5O/c21-19(16-9-10-20(22)24-12-16)14-25(23)13-15-5-4-8-18(11-15)26-17-6-2-1-3-7-17/h1-12,14H,13,21,23H2,(H2,22,24)/b19-14-. The van der Waals surface area contributed by atoms with E-state index in [9.17, 15) is 0 Å². The Morgan fingerprint density at radius 3 is 2.50 bits per heavy atom. The Hall–Kier alpha value is -3.51. The summed E-state index contributed by atoms with van der Waals surface area (Å²) in [6.07, 6.45) is 3.28. The third-order valence-corrected chi connectivity index (χ3v) is 3.67. The summed E-state index contributed by atoms with van der Waals surface area (Å²) in [5.74, 6) is 8.05. The van der Waals surface area contributed by atoms with Gasteiger partial charge >= 0.3 is 0 Å². The van der Waals surface area contributed by atoms with Crippen molar-refractivity contribution in [2.45, 2.75) is 6.54 Å². The van der Waals surface area contributed by atoms with Gasteiger partial charge in [-0.15, -0.1) is 0 Å². The zero-order valence-electron chi connectivity index (χ0n) is 14.2. The highest BCUT2D eigenvalue weighted by molar-refractivity contribution is 5.62. The van der Waals surface area contributed by atoms with Crippen LogP contribution in [0.25, 0.3) is 5.70 Å². The second kappa shape index (κ2) is 8.04. The van der Waals surface area contributed by atoms with E-state index < -0.39 is 0 Å². The van der Waals surface area contributed by atoms with Crippen LogP contribution in [0, 0.1) is 0 Å². The van der Waals surface area contributed by atoms with E-state index in [1.165, 1.54) is 5.01 Å². The first-order valence-electron chi connectivity index (χ1n) is 8.12. The van der Waals surface area contributed by atoms with Gasteiger partial charge in [-0.05, 0) is 42.0 Å². The lowest BCUT2D eigenvalue weighted by Gasteiger charge is -2.16. The van der Waals surface area contributed by atoms with Gasteiger partial charge in [0.1, 0.15) is 17.3 Å². The number of nitrogens with zero attached hydrogens (tertiary/aromatic N) is 2. The van der Waals surface area contributed by atoms with Gasteiger partial charge in [-0.2, -0.15) is 0 Å². The van der Waals surface area contributed by atoms with Crippen LogP contribution in [0.15, 0.2) is 79.1 Å². The van der Waals surface area contributed by atoms with Crippen molar-refractivity contribution in [3.8, 4) is 11.5 Å². The molecule has 0 radical (unpaired) electrons. The Balaban J connectivity index is 1.67. The van der Waals surface area contributed by atoms with Crippen LogP contribution in [0.1, 0.15) is 11.1 Å². The van der Waals surface area contributed by atoms with Gasteiger partial charge in [-0.1, -0.05) is 30.3 Å². The van der Waals surface area contributed by atoms with Crippen molar-refractivity contribution in [2.75, 3.05) is 5.73 Å². The summed E-state index contributed by atoms with van der Waals surface area (Å²) in [6, 6.07) is 20.9. The zero-order valence-corrected chi connectivity index (χ0v) is 14.2. The molecule has 3 rings (SSSR count). The molecule has 26 heavy (non-hydrogen) atoms. The van der Waals surface area contributed by atoms with Gasteiger partial charge < -0.3 is 21.2 Å². The molecule has 1 heterocycles. The molecule has 0 bridgehead atoms. The zero-order chi connectivity index (χ0) is 18.4. The second-order valence-electron chi connectivity index (χ2n) is 5.79. The van der Waals surface area contributed by atoms with Crippen molar-refractivity contribution in [3.63, 3.8) is 0 Å². The highest BCUT2D eigenvalue weighted by atomic mass is 16.5. The molecule has 1 aromatic heterocycles. The second-order valence-corrected chi connectivity index (χ2v) is 5.79. The molecule has 0 unspecified atom stereocenters. The molecule has 0 aliphatic rings. The van der Waals surface area contributed by atoms with Crippen LogP contribution in [0.2, 0.25) is 0 Å². The maximum absolute atomic E-state index is 6.07. The number of nitrogens with two attached hydrogens (primary N) is 3. The molecule has 2 aromatic carbocycles. The summed E-state index contributed by atoms with van der Waals surface area (Å²) in [5, 5.41) is 1.52. The molecule has 6 heteroatoms. The average molecular weight is 347 g/mol. The quantitative estimate of drug-likeness (QED) is 0.468. The SMILES string of the molecule is N/C(=C\N(N)Cc1cccc(Oc2ccccc2)c1)c1ccc(N)nc1. The van der Waals surface area contributed by atoms with E-state index in [0.29, 0.717) is 18.1 Å². The Morgan fingerprint density at radius 1 is 1.00 bits per heavy atom. The van der Waals surface area contributed by atoms with Gasteiger partial charge in [0.05, 0.1) is 12.2 Å². The van der Waals surface area contributed by atoms with E-state index >= 15 is 0 Å². The highest BCUT2D eigenvalue weighted by Crippen LogP contribution is 2.22. The molecule has 0 amide bonds. The van der Waals surface area contributed by atoms with Gasteiger partial charge in [0, 0.05) is 18.0 Å². The summed E-state index contributed by atoms with van der Waals surface area (Å²) >= 11 is 0. The smallest absolute Gasteiger partial charge is 0.127 e. The molecule has 0 spiro atoms. The first-order chi connectivity index (χ1) is 12.6. The maximum Gasteiger partial charge on any atom is 0.127 e. The number of hydrazine groups is 1. The van der Waals surface area contributed by atoms with Crippen LogP contribution in [-0.4, -0.2) is 9.99 Å². The minimum atomic E-state index is 0.446. The molecule has 6 N–H and O–H groups in total. The lowest BCUT2D eigenvalue weighted by atomic mass is 10.2. The molecule has 132 valence electrons. The third-order valence-electron chi connectivity index (χ3n) is 3.67. The van der Waals surface area contributed by atoms with Crippen molar-refractivity contribution in [1.82, 2.24) is 9.99 Å². The molecule has 0 saturated carbocycles. The first-order valence-corrected chi connectivity index (χ1v) is 8.12. The first kappa shape index (κ1) is 17.3. The fourth-order valence-electron chi connectivity index (χ4n) is 2.42. The van der Waals surface area contributed by atoms with Crippen molar-refractivity contribution in [1.29, 1.82) is 0 Å². The Bertz CT molecular complexity index is 878. The topological polar surface area (TPSA) is 103 Å². The molecule has 6 nitrogen and oxygen atoms in total. The Morgan fingerprint density at radius 2 is 1.77 bits per heavy atom. The van der Waals surface area contributed by atoms with E-state index in [2.05, 4.69) is 4.98 Å². The summed E-state index contributed by atoms with van der Waals surface area (Å²) in [4.78, 5) is 4.02. The molecule has 0 aliphatic heterocycles. The Kier molecular flexibility index (Phi) is 5.36. The third kappa shape index (κ3) is 4.75. The van der Waals surface area contributed by atoms with E-state index in [0.717, 1.165) is 22.6 Å². The van der Waals surface area contributed by atoms with Gasteiger partial charge in [0.15, 0.2) is 0 Å². The molecule has 0 saturated heterocycles. The number of pyridine rings is 1. The number of hydrogen-bond donors (Lipinski definition) is 3. The van der Waals surface area contributed by atoms with E-state index in [1.807, 2.05) is 54.6 Å². The number of aromatic nitrogens is 1. The van der Waals surface area contributed by atoms with Gasteiger partial charge in [0.25, 0.3) is 0 Å². The summed E-state index contributed by atoms with van der Waals surface area (Å²) in [7, 11) is 0.